The van der Waals surface area contributed by atoms with Gasteiger partial charge in [0.25, 0.3) is 0 Å². The highest BCUT2D eigenvalue weighted by Gasteiger charge is 2.24. The minimum Gasteiger partial charge on any atom is -0.421 e. The lowest BCUT2D eigenvalue weighted by molar-refractivity contribution is 0.768. The van der Waals surface area contributed by atoms with Crippen LogP contribution >= 0.6 is 0 Å². The topological polar surface area (TPSA) is 46.3 Å². The van der Waals surface area contributed by atoms with Gasteiger partial charge in [-0.25, -0.2) is 0 Å². The lowest BCUT2D eigenvalue weighted by atomic mass is 10.0. The van der Waals surface area contributed by atoms with Crippen molar-refractivity contribution in [2.45, 2.75) is 6.92 Å². The molecule has 2 radical (unpaired) electrons. The Hall–Kier alpha value is -3.01. The van der Waals surface area contributed by atoms with Gasteiger partial charge in [0.1, 0.15) is 0 Å². The van der Waals surface area contributed by atoms with Crippen LogP contribution in [0.1, 0.15) is 5.56 Å². The van der Waals surface area contributed by atoms with Gasteiger partial charge >= 0.3 is 16.5 Å². The first-order valence-electron chi connectivity index (χ1n) is 9.96. The lowest BCUT2D eigenvalue weighted by Crippen LogP contribution is -2.36. The molecule has 0 saturated carbocycles. The first-order valence-corrected chi connectivity index (χ1v) is 10.5. The molecular weight excluding hydrogens is 389 g/mol. The Balaban J connectivity index is 1.68. The van der Waals surface area contributed by atoms with Crippen molar-refractivity contribution in [3.05, 3.63) is 70.8 Å². The van der Waals surface area contributed by atoms with Crippen molar-refractivity contribution in [1.29, 1.82) is 0 Å². The zero-order valence-electron chi connectivity index (χ0n) is 17.3. The molecule has 5 rings (SSSR count). The molecule has 0 aliphatic carbocycles. The standard InChI is InChI=1S/C23H23N5O.Al/c1-15-11-18-19(25-23(15)29)5-4-6-20(18)28-10-9-26(2)22-12-16(7-8-21(22)28)17-13-24-27(3)14-17;/h4-8,11-14H,9-10H2,1-3H3,(H,25,29);/q;+1/p-1. The van der Waals surface area contributed by atoms with Crippen molar-refractivity contribution >= 4 is 44.5 Å². The van der Waals surface area contributed by atoms with Gasteiger partial charge in [-0.1, -0.05) is 12.1 Å². The maximum atomic E-state index is 12.4. The summed E-state index contributed by atoms with van der Waals surface area (Å²) >= 11 is 2.55. The van der Waals surface area contributed by atoms with E-state index in [0.717, 1.165) is 46.4 Å². The lowest BCUT2D eigenvalue weighted by Gasteiger charge is -2.38. The minimum absolute atomic E-state index is 0.0181. The maximum absolute atomic E-state index is 12.4. The van der Waals surface area contributed by atoms with E-state index in [1.54, 1.807) is 3.55 Å². The van der Waals surface area contributed by atoms with Gasteiger partial charge in [0, 0.05) is 55.4 Å². The Morgan fingerprint density at radius 1 is 0.967 bits per heavy atom. The number of rotatable bonds is 2. The second-order valence-corrected chi connectivity index (χ2v) is 8.41. The molecule has 1 aliphatic rings. The summed E-state index contributed by atoms with van der Waals surface area (Å²) in [4.78, 5) is 17.1. The summed E-state index contributed by atoms with van der Waals surface area (Å²) in [6, 6.07) is 14.8. The summed E-state index contributed by atoms with van der Waals surface area (Å²) in [6.45, 7) is 3.67. The van der Waals surface area contributed by atoms with Crippen LogP contribution in [0.25, 0.3) is 22.0 Å². The molecule has 148 valence electrons. The van der Waals surface area contributed by atoms with Gasteiger partial charge in [0.15, 0.2) is 0 Å². The van der Waals surface area contributed by atoms with Gasteiger partial charge in [-0.05, 0) is 42.8 Å². The van der Waals surface area contributed by atoms with E-state index in [1.165, 1.54) is 11.4 Å². The quantitative estimate of drug-likeness (QED) is 0.475. The number of hydrogen-bond acceptors (Lipinski definition) is 4. The van der Waals surface area contributed by atoms with E-state index >= 15 is 0 Å². The van der Waals surface area contributed by atoms with Gasteiger partial charge in [0.2, 0.25) is 5.56 Å². The van der Waals surface area contributed by atoms with Gasteiger partial charge in [-0.15, -0.1) is 0 Å². The zero-order valence-corrected chi connectivity index (χ0v) is 18.5. The largest absolute Gasteiger partial charge is 0.421 e. The van der Waals surface area contributed by atoms with Crippen molar-refractivity contribution in [3.63, 3.8) is 0 Å². The van der Waals surface area contributed by atoms with Crippen LogP contribution < -0.4 is 15.4 Å². The van der Waals surface area contributed by atoms with Gasteiger partial charge in [0.05, 0.1) is 23.3 Å². The number of fused-ring (bicyclic) bond motifs is 2. The molecule has 0 bridgehead atoms. The molecule has 6 nitrogen and oxygen atoms in total. The number of aryl methyl sites for hydroxylation is 2. The molecule has 0 fully saturated rings. The van der Waals surface area contributed by atoms with E-state index in [4.69, 9.17) is 0 Å². The van der Waals surface area contributed by atoms with Crippen LogP contribution in [-0.2, 0) is 7.05 Å². The van der Waals surface area contributed by atoms with Crippen LogP contribution in [0.15, 0.2) is 59.7 Å². The van der Waals surface area contributed by atoms with Crippen molar-refractivity contribution in [2.24, 2.45) is 7.05 Å². The third-order valence-electron chi connectivity index (χ3n) is 5.90. The molecule has 0 unspecified atom stereocenters. The van der Waals surface area contributed by atoms with Crippen molar-refractivity contribution in [2.75, 3.05) is 29.9 Å². The number of pyridine rings is 1. The molecule has 0 amide bonds. The molecule has 3 heterocycles. The molecule has 0 N–H and O–H groups in total. The first-order chi connectivity index (χ1) is 14.4. The normalized spacial score (nSPS) is 13.7. The van der Waals surface area contributed by atoms with Gasteiger partial charge < -0.3 is 13.4 Å². The molecule has 0 saturated heterocycles. The highest BCUT2D eigenvalue weighted by Crippen LogP contribution is 2.41. The minimum atomic E-state index is 0.0181. The first kappa shape index (κ1) is 19.0. The molecular formula is C23H22AlN5O. The third-order valence-corrected chi connectivity index (χ3v) is 6.41. The van der Waals surface area contributed by atoms with Crippen molar-refractivity contribution in [1.82, 2.24) is 13.3 Å². The molecule has 4 aromatic rings. The highest BCUT2D eigenvalue weighted by atomic mass is 27.1. The van der Waals surface area contributed by atoms with E-state index < -0.39 is 0 Å². The second kappa shape index (κ2) is 7.05. The molecule has 7 heteroatoms. The average molecular weight is 411 g/mol. The van der Waals surface area contributed by atoms with Crippen LogP contribution in [0.5, 0.6) is 0 Å². The monoisotopic (exact) mass is 411 g/mol. The van der Waals surface area contributed by atoms with E-state index in [-0.39, 0.29) is 5.56 Å². The fourth-order valence-corrected chi connectivity index (χ4v) is 4.69. The zero-order chi connectivity index (χ0) is 21.0. The fourth-order valence-electron chi connectivity index (χ4n) is 4.26. The number of hydrogen-bond donors (Lipinski definition) is 0. The number of benzene rings is 2. The van der Waals surface area contributed by atoms with Crippen LogP contribution in [0.4, 0.5) is 17.1 Å². The summed E-state index contributed by atoms with van der Waals surface area (Å²) in [5, 5.41) is 5.39. The Morgan fingerprint density at radius 3 is 2.57 bits per heavy atom. The molecule has 30 heavy (non-hydrogen) atoms. The smallest absolute Gasteiger partial charge is 0.323 e. The maximum Gasteiger partial charge on any atom is 0.323 e. The Labute approximate surface area is 183 Å². The predicted molar refractivity (Wildman–Crippen MR) is 123 cm³/mol. The third kappa shape index (κ3) is 2.94. The van der Waals surface area contributed by atoms with Gasteiger partial charge in [-0.2, -0.15) is 5.10 Å². The fraction of sp³-hybridized carbons (Fsp3) is 0.217. The highest BCUT2D eigenvalue weighted by molar-refractivity contribution is 6.12. The summed E-state index contributed by atoms with van der Waals surface area (Å²) in [7, 11) is 4.07. The van der Waals surface area contributed by atoms with Crippen LogP contribution in [0.2, 0.25) is 0 Å². The molecule has 2 aromatic heterocycles. The summed E-state index contributed by atoms with van der Waals surface area (Å²) < 4.78 is 3.49. The van der Waals surface area contributed by atoms with E-state index in [9.17, 15) is 4.79 Å². The Bertz CT molecular complexity index is 1340. The van der Waals surface area contributed by atoms with Gasteiger partial charge in [-0.3, -0.25) is 9.48 Å². The van der Waals surface area contributed by atoms with Crippen molar-refractivity contribution < 1.29 is 0 Å². The number of likely N-dealkylation sites (N-methyl/N-ethyl adjacent to an activating group) is 1. The molecule has 1 aliphatic heterocycles. The number of nitrogens with zero attached hydrogens (tertiary/aromatic N) is 5. The van der Waals surface area contributed by atoms with E-state index in [0.29, 0.717) is 0 Å². The SMILES string of the molecule is Cc1cc2c(N3CCN(C)c4cc(-c5cnn(C)c5)ccc43)cccc2[n]([Al])c1=O. The van der Waals surface area contributed by atoms with Crippen LogP contribution in [0, 0.1) is 6.92 Å². The molecule has 0 spiro atoms. The average Bonchev–Trinajstić information content (AvgIpc) is 3.18. The number of anilines is 3. The van der Waals surface area contributed by atoms with E-state index in [2.05, 4.69) is 62.7 Å². The summed E-state index contributed by atoms with van der Waals surface area (Å²) in [5.74, 6) is 0. The van der Waals surface area contributed by atoms with Crippen LogP contribution in [-0.4, -0.2) is 50.0 Å². The molecule has 0 atom stereocenters. The Kier molecular flexibility index (Phi) is 4.46. The molecule has 2 aromatic carbocycles. The van der Waals surface area contributed by atoms with Crippen LogP contribution in [0.3, 0.4) is 0 Å². The Morgan fingerprint density at radius 2 is 1.80 bits per heavy atom. The number of aromatic nitrogens is 3. The predicted octanol–water partition coefficient (Wildman–Crippen LogP) is 3.23. The summed E-state index contributed by atoms with van der Waals surface area (Å²) in [6.07, 6.45) is 3.93. The van der Waals surface area contributed by atoms with Crippen molar-refractivity contribution in [3.8, 4) is 11.1 Å². The van der Waals surface area contributed by atoms with E-state index in [1.807, 2.05) is 49.2 Å². The summed E-state index contributed by atoms with van der Waals surface area (Å²) in [5.41, 5.74) is 7.42. The second-order valence-electron chi connectivity index (χ2n) is 7.89.